The Morgan fingerprint density at radius 2 is 2.17 bits per heavy atom. The molecule has 0 saturated carbocycles. The van der Waals surface area contributed by atoms with E-state index in [1.54, 1.807) is 19.4 Å². The summed E-state index contributed by atoms with van der Waals surface area (Å²) in [6.07, 6.45) is 1.65. The van der Waals surface area contributed by atoms with E-state index in [1.165, 1.54) is 6.92 Å². The standard InChI is InChI=1S/C13H14N2O3/c1-8(16)14-7-13(17)11-6-15-12-4-3-9(18-2)5-10(11)12/h3-6,15H,7H2,1-2H3,(H,14,16). The first kappa shape index (κ1) is 12.2. The number of ether oxygens (including phenoxy) is 1. The number of benzene rings is 1. The van der Waals surface area contributed by atoms with Crippen LogP contribution in [0.3, 0.4) is 0 Å². The van der Waals surface area contributed by atoms with Crippen LogP contribution in [-0.4, -0.2) is 30.3 Å². The molecule has 0 aliphatic heterocycles. The molecule has 0 fully saturated rings. The third-order valence-corrected chi connectivity index (χ3v) is 2.69. The van der Waals surface area contributed by atoms with E-state index in [9.17, 15) is 9.59 Å². The summed E-state index contributed by atoms with van der Waals surface area (Å²) >= 11 is 0. The predicted molar refractivity (Wildman–Crippen MR) is 67.9 cm³/mol. The van der Waals surface area contributed by atoms with Crippen LogP contribution < -0.4 is 10.1 Å². The Morgan fingerprint density at radius 3 is 2.83 bits per heavy atom. The van der Waals surface area contributed by atoms with Crippen molar-refractivity contribution in [3.63, 3.8) is 0 Å². The molecule has 0 radical (unpaired) electrons. The van der Waals surface area contributed by atoms with Gasteiger partial charge in [0.15, 0.2) is 5.78 Å². The molecule has 5 nitrogen and oxygen atoms in total. The summed E-state index contributed by atoms with van der Waals surface area (Å²) in [6, 6.07) is 5.47. The van der Waals surface area contributed by atoms with Crippen LogP contribution in [0.5, 0.6) is 5.75 Å². The average molecular weight is 246 g/mol. The summed E-state index contributed by atoms with van der Waals surface area (Å²) in [7, 11) is 1.58. The number of rotatable bonds is 4. The highest BCUT2D eigenvalue weighted by molar-refractivity contribution is 6.09. The minimum atomic E-state index is -0.222. The fourth-order valence-electron chi connectivity index (χ4n) is 1.76. The van der Waals surface area contributed by atoms with Crippen molar-refractivity contribution in [1.29, 1.82) is 0 Å². The molecule has 0 atom stereocenters. The maximum absolute atomic E-state index is 11.9. The first-order valence-electron chi connectivity index (χ1n) is 5.54. The van der Waals surface area contributed by atoms with Gasteiger partial charge in [-0.05, 0) is 18.2 Å². The lowest BCUT2D eigenvalue weighted by molar-refractivity contribution is -0.118. The van der Waals surface area contributed by atoms with Gasteiger partial charge in [-0.3, -0.25) is 9.59 Å². The van der Waals surface area contributed by atoms with E-state index in [2.05, 4.69) is 10.3 Å². The van der Waals surface area contributed by atoms with Gasteiger partial charge in [-0.1, -0.05) is 0 Å². The summed E-state index contributed by atoms with van der Waals surface area (Å²) in [5.74, 6) is 0.334. The van der Waals surface area contributed by atoms with Gasteiger partial charge >= 0.3 is 0 Å². The molecule has 18 heavy (non-hydrogen) atoms. The molecule has 1 amide bonds. The third kappa shape index (κ3) is 2.34. The molecular weight excluding hydrogens is 232 g/mol. The fraction of sp³-hybridized carbons (Fsp3) is 0.231. The predicted octanol–water partition coefficient (Wildman–Crippen LogP) is 1.50. The van der Waals surface area contributed by atoms with Gasteiger partial charge in [0.25, 0.3) is 0 Å². The average Bonchev–Trinajstić information content (AvgIpc) is 2.78. The SMILES string of the molecule is COc1ccc2[nH]cc(C(=O)CNC(C)=O)c2c1. The van der Waals surface area contributed by atoms with Gasteiger partial charge < -0.3 is 15.0 Å². The Hall–Kier alpha value is -2.30. The van der Waals surface area contributed by atoms with E-state index in [-0.39, 0.29) is 18.2 Å². The number of methoxy groups -OCH3 is 1. The number of hydrogen-bond acceptors (Lipinski definition) is 3. The lowest BCUT2D eigenvalue weighted by atomic mass is 10.1. The summed E-state index contributed by atoms with van der Waals surface area (Å²) in [5.41, 5.74) is 1.42. The zero-order valence-electron chi connectivity index (χ0n) is 10.2. The van der Waals surface area contributed by atoms with Crippen molar-refractivity contribution in [2.45, 2.75) is 6.92 Å². The first-order chi connectivity index (χ1) is 8.61. The summed E-state index contributed by atoms with van der Waals surface area (Å²) in [5, 5.41) is 3.29. The normalized spacial score (nSPS) is 10.3. The molecule has 0 spiro atoms. The second kappa shape index (κ2) is 4.91. The quantitative estimate of drug-likeness (QED) is 0.803. The Balaban J connectivity index is 2.32. The number of H-pyrrole nitrogens is 1. The van der Waals surface area contributed by atoms with Crippen molar-refractivity contribution in [1.82, 2.24) is 10.3 Å². The van der Waals surface area contributed by atoms with Gasteiger partial charge in [0.1, 0.15) is 5.75 Å². The Labute approximate surface area is 104 Å². The van der Waals surface area contributed by atoms with Gasteiger partial charge in [0.2, 0.25) is 5.91 Å². The highest BCUT2D eigenvalue weighted by Crippen LogP contribution is 2.23. The molecule has 0 saturated heterocycles. The van der Waals surface area contributed by atoms with Crippen molar-refractivity contribution >= 4 is 22.6 Å². The number of carbonyl (C=O) groups excluding carboxylic acids is 2. The first-order valence-corrected chi connectivity index (χ1v) is 5.54. The monoisotopic (exact) mass is 246 g/mol. The van der Waals surface area contributed by atoms with Gasteiger partial charge in [-0.2, -0.15) is 0 Å². The largest absolute Gasteiger partial charge is 0.497 e. The van der Waals surface area contributed by atoms with Gasteiger partial charge in [-0.25, -0.2) is 0 Å². The number of amides is 1. The van der Waals surface area contributed by atoms with Crippen molar-refractivity contribution in [3.8, 4) is 5.75 Å². The summed E-state index contributed by atoms with van der Waals surface area (Å²) in [6.45, 7) is 1.38. The van der Waals surface area contributed by atoms with Crippen LogP contribution in [0.25, 0.3) is 10.9 Å². The number of ketones is 1. The molecule has 5 heteroatoms. The molecule has 0 aliphatic rings. The van der Waals surface area contributed by atoms with Crippen LogP contribution in [-0.2, 0) is 4.79 Å². The number of aromatic nitrogens is 1. The molecule has 2 aromatic rings. The highest BCUT2D eigenvalue weighted by atomic mass is 16.5. The Kier molecular flexibility index (Phi) is 3.32. The molecule has 2 N–H and O–H groups in total. The summed E-state index contributed by atoms with van der Waals surface area (Å²) < 4.78 is 5.13. The number of nitrogens with one attached hydrogen (secondary N) is 2. The van der Waals surface area contributed by atoms with Crippen molar-refractivity contribution in [2.24, 2.45) is 0 Å². The maximum atomic E-state index is 11.9. The smallest absolute Gasteiger partial charge is 0.217 e. The second-order valence-electron chi connectivity index (χ2n) is 3.95. The number of aromatic amines is 1. The zero-order valence-corrected chi connectivity index (χ0v) is 10.2. The lowest BCUT2D eigenvalue weighted by Crippen LogP contribution is -2.27. The molecule has 1 aromatic carbocycles. The Morgan fingerprint density at radius 1 is 1.39 bits per heavy atom. The Bertz CT molecular complexity index is 601. The summed E-state index contributed by atoms with van der Waals surface area (Å²) in [4.78, 5) is 25.8. The molecule has 1 aromatic heterocycles. The van der Waals surface area contributed by atoms with E-state index in [0.29, 0.717) is 11.3 Å². The molecular formula is C13H14N2O3. The van der Waals surface area contributed by atoms with Crippen molar-refractivity contribution in [3.05, 3.63) is 30.0 Å². The van der Waals surface area contributed by atoms with Crippen molar-refractivity contribution < 1.29 is 14.3 Å². The third-order valence-electron chi connectivity index (χ3n) is 2.69. The van der Waals surface area contributed by atoms with E-state index in [1.807, 2.05) is 12.1 Å². The molecule has 2 rings (SSSR count). The number of Topliss-reactive ketones (excluding diaryl/α,β-unsaturated/α-hetero) is 1. The van der Waals surface area contributed by atoms with Crippen LogP contribution in [0.15, 0.2) is 24.4 Å². The molecule has 1 heterocycles. The van der Waals surface area contributed by atoms with Crippen LogP contribution >= 0.6 is 0 Å². The van der Waals surface area contributed by atoms with E-state index in [4.69, 9.17) is 4.74 Å². The lowest BCUT2D eigenvalue weighted by Gasteiger charge is -2.02. The van der Waals surface area contributed by atoms with Crippen LogP contribution in [0.1, 0.15) is 17.3 Å². The second-order valence-corrected chi connectivity index (χ2v) is 3.95. The molecule has 0 aliphatic carbocycles. The molecule has 94 valence electrons. The number of fused-ring (bicyclic) bond motifs is 1. The molecule has 0 unspecified atom stereocenters. The maximum Gasteiger partial charge on any atom is 0.217 e. The molecule has 0 bridgehead atoms. The van der Waals surface area contributed by atoms with Crippen LogP contribution in [0.4, 0.5) is 0 Å². The highest BCUT2D eigenvalue weighted by Gasteiger charge is 2.12. The van der Waals surface area contributed by atoms with E-state index >= 15 is 0 Å². The van der Waals surface area contributed by atoms with Gasteiger partial charge in [0, 0.05) is 29.6 Å². The zero-order chi connectivity index (χ0) is 13.1. The van der Waals surface area contributed by atoms with E-state index < -0.39 is 0 Å². The van der Waals surface area contributed by atoms with Crippen molar-refractivity contribution in [2.75, 3.05) is 13.7 Å². The van der Waals surface area contributed by atoms with E-state index in [0.717, 1.165) is 10.9 Å². The minimum Gasteiger partial charge on any atom is -0.497 e. The topological polar surface area (TPSA) is 71.2 Å². The fourth-order valence-corrected chi connectivity index (χ4v) is 1.76. The van der Waals surface area contributed by atoms with Crippen LogP contribution in [0.2, 0.25) is 0 Å². The minimum absolute atomic E-state index is 0.000500. The number of carbonyl (C=O) groups is 2. The van der Waals surface area contributed by atoms with Gasteiger partial charge in [-0.15, -0.1) is 0 Å². The van der Waals surface area contributed by atoms with Crippen LogP contribution in [0, 0.1) is 0 Å². The number of hydrogen-bond donors (Lipinski definition) is 2. The van der Waals surface area contributed by atoms with Gasteiger partial charge in [0.05, 0.1) is 13.7 Å².